The lowest BCUT2D eigenvalue weighted by Crippen LogP contribution is -2.35. The van der Waals surface area contributed by atoms with Crippen molar-refractivity contribution >= 4 is 27.4 Å². The van der Waals surface area contributed by atoms with Crippen LogP contribution in [-0.4, -0.2) is 61.2 Å². The number of nitrogen functional groups attached to an aromatic ring is 1. The van der Waals surface area contributed by atoms with E-state index in [0.717, 1.165) is 85.1 Å². The number of nitriles is 1. The maximum Gasteiger partial charge on any atom is 0.182 e. The third kappa shape index (κ3) is 3.66. The molecule has 1 fully saturated rings. The molecule has 3 aliphatic rings. The number of aliphatic hydroxyl groups excluding tert-OH is 1. The number of hydrogen-bond acceptors (Lipinski definition) is 10. The topological polar surface area (TPSA) is 143 Å². The van der Waals surface area contributed by atoms with Crippen LogP contribution < -0.4 is 5.73 Å². The first-order chi connectivity index (χ1) is 19.5. The Bertz CT molecular complexity index is 1640. The van der Waals surface area contributed by atoms with E-state index in [1.807, 2.05) is 4.68 Å². The van der Waals surface area contributed by atoms with Crippen molar-refractivity contribution in [1.82, 2.24) is 29.8 Å². The molecule has 2 aliphatic carbocycles. The summed E-state index contributed by atoms with van der Waals surface area (Å²) in [4.78, 5) is 13.4. The van der Waals surface area contributed by atoms with E-state index in [1.165, 1.54) is 11.3 Å². The first kappa shape index (κ1) is 25.6. The highest BCUT2D eigenvalue weighted by Gasteiger charge is 2.48. The average molecular weight is 559 g/mol. The number of hydrogen-bond donors (Lipinski definition) is 2. The molecule has 0 radical (unpaired) electrons. The lowest BCUT2D eigenvalue weighted by molar-refractivity contribution is 0.265. The molecular formula is C29H34N8O2S. The molecule has 40 heavy (non-hydrogen) atoms. The summed E-state index contributed by atoms with van der Waals surface area (Å²) in [6.07, 6.45) is 9.70. The Morgan fingerprint density at radius 2 is 2.12 bits per heavy atom. The van der Waals surface area contributed by atoms with Gasteiger partial charge in [0.2, 0.25) is 0 Å². The normalized spacial score (nSPS) is 23.4. The SMILES string of the molecule is C[C@H](c1nn(CCO)c2cnc(-c3noc4c3CCC[C@@]43CCCc4sc(N)c(C#N)c43)nc12)[C@@H]1CCCN1C. The highest BCUT2D eigenvalue weighted by atomic mass is 32.1. The van der Waals surface area contributed by atoms with E-state index in [4.69, 9.17) is 25.3 Å². The van der Waals surface area contributed by atoms with Crippen LogP contribution in [0.2, 0.25) is 0 Å². The van der Waals surface area contributed by atoms with Gasteiger partial charge in [-0.1, -0.05) is 12.1 Å². The molecule has 0 aromatic carbocycles. The molecular weight excluding hydrogens is 524 g/mol. The van der Waals surface area contributed by atoms with Crippen molar-refractivity contribution < 1.29 is 9.63 Å². The number of thiophene rings is 1. The Morgan fingerprint density at radius 3 is 2.88 bits per heavy atom. The van der Waals surface area contributed by atoms with Gasteiger partial charge in [-0.3, -0.25) is 4.68 Å². The Morgan fingerprint density at radius 1 is 1.30 bits per heavy atom. The minimum Gasteiger partial charge on any atom is -0.394 e. The van der Waals surface area contributed by atoms with Crippen LogP contribution in [0.15, 0.2) is 10.7 Å². The van der Waals surface area contributed by atoms with Crippen molar-refractivity contribution in [2.75, 3.05) is 25.9 Å². The Hall–Kier alpha value is -3.33. The van der Waals surface area contributed by atoms with Gasteiger partial charge in [-0.05, 0) is 70.5 Å². The number of aromatic nitrogens is 5. The monoisotopic (exact) mass is 558 g/mol. The van der Waals surface area contributed by atoms with Crippen molar-refractivity contribution in [2.45, 2.75) is 82.2 Å². The van der Waals surface area contributed by atoms with Crippen LogP contribution in [0.25, 0.3) is 22.6 Å². The molecule has 4 aromatic heterocycles. The fourth-order valence-electron chi connectivity index (χ4n) is 7.64. The molecule has 1 saturated heterocycles. The number of likely N-dealkylation sites (tertiary alicyclic amines) is 1. The summed E-state index contributed by atoms with van der Waals surface area (Å²) in [6, 6.07) is 2.78. The van der Waals surface area contributed by atoms with Crippen LogP contribution in [0.3, 0.4) is 0 Å². The summed E-state index contributed by atoms with van der Waals surface area (Å²) in [5.41, 5.74) is 11.9. The van der Waals surface area contributed by atoms with E-state index in [1.54, 1.807) is 17.5 Å². The third-order valence-electron chi connectivity index (χ3n) is 9.49. The summed E-state index contributed by atoms with van der Waals surface area (Å²) >= 11 is 1.55. The van der Waals surface area contributed by atoms with E-state index in [9.17, 15) is 10.4 Å². The van der Waals surface area contributed by atoms with Gasteiger partial charge in [0.25, 0.3) is 0 Å². The van der Waals surface area contributed by atoms with Crippen molar-refractivity contribution in [3.05, 3.63) is 39.2 Å². The second-order valence-corrected chi connectivity index (χ2v) is 12.8. The number of nitrogens with zero attached hydrogens (tertiary/aromatic N) is 7. The minimum absolute atomic E-state index is 0.00562. The summed E-state index contributed by atoms with van der Waals surface area (Å²) < 4.78 is 8.01. The second-order valence-electron chi connectivity index (χ2n) is 11.6. The van der Waals surface area contributed by atoms with E-state index >= 15 is 0 Å². The van der Waals surface area contributed by atoms with Gasteiger partial charge in [-0.25, -0.2) is 9.97 Å². The zero-order valence-corrected chi connectivity index (χ0v) is 23.8. The Kier molecular flexibility index (Phi) is 6.18. The van der Waals surface area contributed by atoms with Gasteiger partial charge in [0, 0.05) is 22.4 Å². The lowest BCUT2D eigenvalue weighted by Gasteiger charge is -2.39. The quantitative estimate of drug-likeness (QED) is 0.369. The predicted molar refractivity (Wildman–Crippen MR) is 152 cm³/mol. The van der Waals surface area contributed by atoms with Crippen molar-refractivity contribution in [3.63, 3.8) is 0 Å². The number of rotatable bonds is 5. The standard InChI is InChI=1S/C29H34N8O2S/c1-16(19-7-5-11-36(19)2)23-25-20(37(34-23)12-13-38)15-32-28(33-25)24-17-6-3-9-29(26(17)39-35-24)10-4-8-21-22(29)18(14-30)27(31)40-21/h15-16,19,38H,3-13,31H2,1-2H3/t16-,19-,29-/m0/s1. The molecule has 0 amide bonds. The van der Waals surface area contributed by atoms with E-state index < -0.39 is 0 Å². The lowest BCUT2D eigenvalue weighted by atomic mass is 9.63. The molecule has 11 heteroatoms. The molecule has 7 rings (SSSR count). The van der Waals surface area contributed by atoms with Gasteiger partial charge in [0.1, 0.15) is 22.1 Å². The maximum atomic E-state index is 10.00. The molecule has 0 unspecified atom stereocenters. The van der Waals surface area contributed by atoms with Crippen molar-refractivity contribution in [2.24, 2.45) is 0 Å². The van der Waals surface area contributed by atoms with Gasteiger partial charge >= 0.3 is 0 Å². The predicted octanol–water partition coefficient (Wildman–Crippen LogP) is 4.15. The molecule has 3 N–H and O–H groups in total. The molecule has 4 aromatic rings. The summed E-state index contributed by atoms with van der Waals surface area (Å²) in [7, 11) is 2.18. The smallest absolute Gasteiger partial charge is 0.182 e. The van der Waals surface area contributed by atoms with Crippen LogP contribution in [0.5, 0.6) is 0 Å². The molecule has 208 valence electrons. The number of nitrogens with two attached hydrogens (primary N) is 1. The van der Waals surface area contributed by atoms with E-state index in [2.05, 4.69) is 30.1 Å². The first-order valence-electron chi connectivity index (χ1n) is 14.3. The number of aliphatic hydroxyl groups is 1. The summed E-state index contributed by atoms with van der Waals surface area (Å²) in [6.45, 7) is 3.69. The molecule has 5 heterocycles. The highest BCUT2D eigenvalue weighted by Crippen LogP contribution is 2.55. The zero-order chi connectivity index (χ0) is 27.6. The van der Waals surface area contributed by atoms with E-state index in [-0.39, 0.29) is 17.9 Å². The average Bonchev–Trinajstić information content (AvgIpc) is 3.73. The Labute approximate surface area is 236 Å². The molecule has 10 nitrogen and oxygen atoms in total. The van der Waals surface area contributed by atoms with Crippen molar-refractivity contribution in [1.29, 1.82) is 5.26 Å². The summed E-state index contributed by atoms with van der Waals surface area (Å²) in [5.74, 6) is 1.57. The highest BCUT2D eigenvalue weighted by molar-refractivity contribution is 7.16. The van der Waals surface area contributed by atoms with Gasteiger partial charge in [0.05, 0.1) is 36.0 Å². The van der Waals surface area contributed by atoms with Crippen LogP contribution in [0.4, 0.5) is 5.00 Å². The van der Waals surface area contributed by atoms with Crippen molar-refractivity contribution in [3.8, 4) is 17.6 Å². The Balaban J connectivity index is 1.35. The van der Waals surface area contributed by atoms with Gasteiger partial charge in [-0.15, -0.1) is 11.3 Å². The maximum absolute atomic E-state index is 10.00. The fourth-order valence-corrected chi connectivity index (χ4v) is 8.80. The molecule has 0 saturated carbocycles. The summed E-state index contributed by atoms with van der Waals surface area (Å²) in [5, 5.41) is 29.8. The van der Waals surface area contributed by atoms with Gasteiger partial charge in [-0.2, -0.15) is 10.4 Å². The van der Waals surface area contributed by atoms with Gasteiger partial charge in [0.15, 0.2) is 17.3 Å². The van der Waals surface area contributed by atoms with E-state index in [0.29, 0.717) is 34.7 Å². The van der Waals surface area contributed by atoms with Crippen LogP contribution in [0.1, 0.15) is 84.4 Å². The second kappa shape index (κ2) is 9.65. The molecule has 3 atom stereocenters. The van der Waals surface area contributed by atoms with Crippen LogP contribution >= 0.6 is 11.3 Å². The number of anilines is 1. The number of aryl methyl sites for hydroxylation is 1. The van der Waals surface area contributed by atoms with Crippen LogP contribution in [0, 0.1) is 11.3 Å². The number of likely N-dealkylation sites (N-methyl/N-ethyl adjacent to an activating group) is 1. The first-order valence-corrected chi connectivity index (χ1v) is 15.1. The third-order valence-corrected chi connectivity index (χ3v) is 10.6. The zero-order valence-electron chi connectivity index (χ0n) is 23.0. The molecule has 0 bridgehead atoms. The van der Waals surface area contributed by atoms with Gasteiger partial charge < -0.3 is 20.3 Å². The molecule has 1 spiro atoms. The largest absolute Gasteiger partial charge is 0.394 e. The number of fused-ring (bicyclic) bond motifs is 5. The minimum atomic E-state index is -0.381. The van der Waals surface area contributed by atoms with Crippen LogP contribution in [-0.2, 0) is 24.8 Å². The fraction of sp³-hybridized carbons (Fsp3) is 0.552. The molecule has 1 aliphatic heterocycles.